The van der Waals surface area contributed by atoms with Crippen molar-refractivity contribution in [3.63, 3.8) is 0 Å². The van der Waals surface area contributed by atoms with Gasteiger partial charge in [0.2, 0.25) is 0 Å². The normalized spacial score (nSPS) is 11.8. The van der Waals surface area contributed by atoms with Gasteiger partial charge in [-0.1, -0.05) is 15.9 Å². The first-order valence-electron chi connectivity index (χ1n) is 5.77. The van der Waals surface area contributed by atoms with Crippen molar-refractivity contribution in [3.8, 4) is 0 Å². The molecule has 2 rings (SSSR count). The summed E-state index contributed by atoms with van der Waals surface area (Å²) in [5.74, 6) is -0.380. The molecule has 0 aliphatic carbocycles. The summed E-state index contributed by atoms with van der Waals surface area (Å²) in [7, 11) is 0. The van der Waals surface area contributed by atoms with Crippen LogP contribution in [0.2, 0.25) is 0 Å². The maximum Gasteiger partial charge on any atom is 0.435 e. The largest absolute Gasteiger partial charge is 0.442 e. The van der Waals surface area contributed by atoms with Gasteiger partial charge < -0.3 is 4.74 Å². The van der Waals surface area contributed by atoms with Crippen LogP contribution in [0.1, 0.15) is 26.3 Å². The molecule has 0 unspecified atom stereocenters. The van der Waals surface area contributed by atoms with E-state index in [0.29, 0.717) is 21.8 Å². The molecule has 0 saturated heterocycles. The van der Waals surface area contributed by atoms with Gasteiger partial charge in [0.05, 0.1) is 11.7 Å². The first-order chi connectivity index (χ1) is 8.81. The van der Waals surface area contributed by atoms with Crippen LogP contribution in [0.25, 0.3) is 10.9 Å². The number of aromatic nitrogens is 2. The van der Waals surface area contributed by atoms with Crippen molar-refractivity contribution in [2.24, 2.45) is 0 Å². The van der Waals surface area contributed by atoms with E-state index in [1.807, 2.05) is 0 Å². The molecule has 1 heterocycles. The van der Waals surface area contributed by atoms with Gasteiger partial charge in [-0.2, -0.15) is 9.78 Å². The van der Waals surface area contributed by atoms with Gasteiger partial charge in [0.25, 0.3) is 0 Å². The molecule has 102 valence electrons. The number of benzene rings is 1. The van der Waals surface area contributed by atoms with Crippen molar-refractivity contribution in [2.45, 2.75) is 31.7 Å². The quantitative estimate of drug-likeness (QED) is 0.747. The Morgan fingerprint density at radius 3 is 2.74 bits per heavy atom. The predicted molar refractivity (Wildman–Crippen MR) is 74.0 cm³/mol. The van der Waals surface area contributed by atoms with Crippen molar-refractivity contribution in [3.05, 3.63) is 29.7 Å². The summed E-state index contributed by atoms with van der Waals surface area (Å²) in [5.41, 5.74) is 0.302. The highest BCUT2D eigenvalue weighted by atomic mass is 79.9. The molecule has 0 amide bonds. The lowest BCUT2D eigenvalue weighted by atomic mass is 10.2. The maximum atomic E-state index is 13.8. The number of ether oxygens (including phenoxy) is 1. The van der Waals surface area contributed by atoms with Crippen LogP contribution in [-0.4, -0.2) is 21.5 Å². The fourth-order valence-electron chi connectivity index (χ4n) is 1.65. The van der Waals surface area contributed by atoms with Crippen LogP contribution < -0.4 is 0 Å². The lowest BCUT2D eigenvalue weighted by Crippen LogP contribution is -2.27. The van der Waals surface area contributed by atoms with Gasteiger partial charge in [-0.3, -0.25) is 0 Å². The van der Waals surface area contributed by atoms with Crippen molar-refractivity contribution >= 4 is 32.9 Å². The Bertz CT molecular complexity index is 631. The van der Waals surface area contributed by atoms with E-state index in [1.54, 1.807) is 26.8 Å². The fourth-order valence-corrected chi connectivity index (χ4v) is 2.08. The minimum absolute atomic E-state index is 0.380. The van der Waals surface area contributed by atoms with Gasteiger partial charge in [-0.25, -0.2) is 9.18 Å². The summed E-state index contributed by atoms with van der Waals surface area (Å²) in [6, 6.07) is 2.95. The number of halogens is 2. The molecule has 0 spiro atoms. The standard InChI is InChI=1S/C13H14BrFN2O2/c1-13(2,3)19-12(18)17-11-5-10(15)8(6-14)4-9(11)7-16-17/h4-5,7H,6H2,1-3H3. The number of carbonyl (C=O) groups excluding carboxylic acids is 1. The summed E-state index contributed by atoms with van der Waals surface area (Å²) < 4.78 is 20.0. The molecule has 0 atom stereocenters. The van der Waals surface area contributed by atoms with E-state index in [2.05, 4.69) is 21.0 Å². The smallest absolute Gasteiger partial charge is 0.435 e. The molecule has 0 saturated carbocycles. The molecule has 0 bridgehead atoms. The van der Waals surface area contributed by atoms with E-state index in [0.717, 1.165) is 4.68 Å². The molecule has 0 aliphatic rings. The molecule has 2 aromatic rings. The zero-order valence-corrected chi connectivity index (χ0v) is 12.5. The summed E-state index contributed by atoms with van der Waals surface area (Å²) in [6.45, 7) is 5.29. The summed E-state index contributed by atoms with van der Waals surface area (Å²) >= 11 is 3.21. The molecular weight excluding hydrogens is 315 g/mol. The highest BCUT2D eigenvalue weighted by Crippen LogP contribution is 2.21. The Kier molecular flexibility index (Phi) is 3.62. The average molecular weight is 329 g/mol. The van der Waals surface area contributed by atoms with Gasteiger partial charge in [0.15, 0.2) is 0 Å². The first-order valence-corrected chi connectivity index (χ1v) is 6.89. The Morgan fingerprint density at radius 2 is 2.16 bits per heavy atom. The molecule has 4 nitrogen and oxygen atoms in total. The van der Waals surface area contributed by atoms with E-state index < -0.39 is 11.7 Å². The third-order valence-electron chi connectivity index (χ3n) is 2.45. The summed E-state index contributed by atoms with van der Waals surface area (Å²) in [6.07, 6.45) is 0.902. The van der Waals surface area contributed by atoms with Crippen molar-refractivity contribution in [1.82, 2.24) is 9.78 Å². The molecule has 6 heteroatoms. The molecule has 1 aromatic carbocycles. The molecule has 0 fully saturated rings. The van der Waals surface area contributed by atoms with E-state index in [1.165, 1.54) is 12.3 Å². The number of hydrogen-bond acceptors (Lipinski definition) is 3. The van der Waals surface area contributed by atoms with Crippen LogP contribution in [0.15, 0.2) is 18.3 Å². The van der Waals surface area contributed by atoms with Gasteiger partial charge >= 0.3 is 6.09 Å². The Labute approximate surface area is 118 Å². The third kappa shape index (κ3) is 2.94. The van der Waals surface area contributed by atoms with E-state index in [-0.39, 0.29) is 5.82 Å². The minimum Gasteiger partial charge on any atom is -0.442 e. The van der Waals surface area contributed by atoms with Crippen LogP contribution in [-0.2, 0) is 10.1 Å². The average Bonchev–Trinajstić information content (AvgIpc) is 2.68. The summed E-state index contributed by atoms with van der Waals surface area (Å²) in [4.78, 5) is 11.9. The molecule has 0 radical (unpaired) electrons. The number of fused-ring (bicyclic) bond motifs is 1. The Balaban J connectivity index is 2.46. The molecule has 0 N–H and O–H groups in total. The molecular formula is C13H14BrFN2O2. The topological polar surface area (TPSA) is 44.1 Å². The van der Waals surface area contributed by atoms with Crippen molar-refractivity contribution in [2.75, 3.05) is 0 Å². The maximum absolute atomic E-state index is 13.8. The van der Waals surface area contributed by atoms with Crippen LogP contribution in [0.3, 0.4) is 0 Å². The van der Waals surface area contributed by atoms with Crippen LogP contribution in [0.4, 0.5) is 9.18 Å². The van der Waals surface area contributed by atoms with E-state index in [4.69, 9.17) is 4.74 Å². The number of hydrogen-bond donors (Lipinski definition) is 0. The van der Waals surface area contributed by atoms with Gasteiger partial charge in [0, 0.05) is 16.8 Å². The van der Waals surface area contributed by atoms with Crippen LogP contribution >= 0.6 is 15.9 Å². The zero-order valence-electron chi connectivity index (χ0n) is 10.9. The SMILES string of the molecule is CC(C)(C)OC(=O)n1ncc2cc(CBr)c(F)cc21. The molecule has 1 aromatic heterocycles. The Hall–Kier alpha value is -1.43. The Morgan fingerprint density at radius 1 is 1.47 bits per heavy atom. The highest BCUT2D eigenvalue weighted by Gasteiger charge is 2.20. The lowest BCUT2D eigenvalue weighted by molar-refractivity contribution is 0.0522. The number of alkyl halides is 1. The van der Waals surface area contributed by atoms with Gasteiger partial charge in [0.1, 0.15) is 11.4 Å². The van der Waals surface area contributed by atoms with Crippen LogP contribution in [0, 0.1) is 5.82 Å². The highest BCUT2D eigenvalue weighted by molar-refractivity contribution is 9.08. The van der Waals surface area contributed by atoms with Crippen molar-refractivity contribution in [1.29, 1.82) is 0 Å². The predicted octanol–water partition coefficient (Wildman–Crippen LogP) is 3.85. The van der Waals surface area contributed by atoms with Crippen molar-refractivity contribution < 1.29 is 13.9 Å². The second-order valence-electron chi connectivity index (χ2n) is 5.17. The fraction of sp³-hybridized carbons (Fsp3) is 0.385. The number of carbonyl (C=O) groups is 1. The first kappa shape index (κ1) is 14.0. The molecule has 0 aliphatic heterocycles. The lowest BCUT2D eigenvalue weighted by Gasteiger charge is -2.19. The monoisotopic (exact) mass is 328 g/mol. The summed E-state index contributed by atoms with van der Waals surface area (Å²) in [5, 5.41) is 5.06. The van der Waals surface area contributed by atoms with Gasteiger partial charge in [-0.05, 0) is 32.4 Å². The van der Waals surface area contributed by atoms with Gasteiger partial charge in [-0.15, -0.1) is 0 Å². The molecule has 19 heavy (non-hydrogen) atoms. The zero-order chi connectivity index (χ0) is 14.2. The third-order valence-corrected chi connectivity index (χ3v) is 3.05. The second kappa shape index (κ2) is 4.92. The van der Waals surface area contributed by atoms with E-state index >= 15 is 0 Å². The minimum atomic E-state index is -0.621. The number of rotatable bonds is 1. The van der Waals surface area contributed by atoms with Crippen LogP contribution in [0.5, 0.6) is 0 Å². The van der Waals surface area contributed by atoms with E-state index in [9.17, 15) is 9.18 Å². The second-order valence-corrected chi connectivity index (χ2v) is 5.73. The number of nitrogens with zero attached hydrogens (tertiary/aromatic N) is 2.